The maximum atomic E-state index is 4.23. The summed E-state index contributed by atoms with van der Waals surface area (Å²) in [6, 6.07) is 11.3. The first kappa shape index (κ1) is 12.6. The summed E-state index contributed by atoms with van der Waals surface area (Å²) >= 11 is 2.06. The van der Waals surface area contributed by atoms with Gasteiger partial charge in [0.05, 0.1) is 6.54 Å². The Kier molecular flexibility index (Phi) is 3.78. The summed E-state index contributed by atoms with van der Waals surface area (Å²) in [5, 5.41) is 8.57. The lowest BCUT2D eigenvalue weighted by Gasteiger charge is -2.18. The van der Waals surface area contributed by atoms with Gasteiger partial charge in [-0.2, -0.15) is 16.9 Å². The van der Waals surface area contributed by atoms with Gasteiger partial charge in [0.1, 0.15) is 0 Å². The fourth-order valence-electron chi connectivity index (χ4n) is 2.42. The Hall–Kier alpha value is -1.42. The van der Waals surface area contributed by atoms with Crippen LogP contribution >= 0.6 is 11.8 Å². The summed E-state index contributed by atoms with van der Waals surface area (Å²) in [4.78, 5) is 0. The first-order valence-electron chi connectivity index (χ1n) is 6.76. The van der Waals surface area contributed by atoms with Gasteiger partial charge in [0, 0.05) is 29.4 Å². The smallest absolute Gasteiger partial charge is 0.0659 e. The molecule has 1 N–H and O–H groups in total. The van der Waals surface area contributed by atoms with Gasteiger partial charge in [-0.25, -0.2) is 0 Å². The van der Waals surface area contributed by atoms with Crippen LogP contribution in [0.1, 0.15) is 18.9 Å². The van der Waals surface area contributed by atoms with E-state index in [2.05, 4.69) is 53.4 Å². The summed E-state index contributed by atoms with van der Waals surface area (Å²) < 4.78 is 1.94. The third-order valence-electron chi connectivity index (χ3n) is 3.59. The molecule has 1 aromatic heterocycles. The van der Waals surface area contributed by atoms with Gasteiger partial charge in [0.25, 0.3) is 0 Å². The predicted octanol–water partition coefficient (Wildman–Crippen LogP) is 3.24. The summed E-state index contributed by atoms with van der Waals surface area (Å²) in [5.74, 6) is 1.27. The molecule has 4 heteroatoms. The van der Waals surface area contributed by atoms with Crippen molar-refractivity contribution in [3.05, 3.63) is 48.3 Å². The van der Waals surface area contributed by atoms with Gasteiger partial charge in [-0.15, -0.1) is 0 Å². The molecule has 0 radical (unpaired) electrons. The van der Waals surface area contributed by atoms with E-state index >= 15 is 0 Å². The standard InChI is InChI=1S/C15H19N3S/c1-12-15(7-10-19-12)17-14-5-3-13(4-6-14)11-18-9-2-8-16-18/h2-6,8-9,12,15,17H,7,10-11H2,1H3. The highest BCUT2D eigenvalue weighted by molar-refractivity contribution is 8.00. The molecular weight excluding hydrogens is 254 g/mol. The Labute approximate surface area is 118 Å². The lowest BCUT2D eigenvalue weighted by molar-refractivity contribution is 0.686. The van der Waals surface area contributed by atoms with Crippen LogP contribution < -0.4 is 5.32 Å². The summed E-state index contributed by atoms with van der Waals surface area (Å²) in [6.07, 6.45) is 5.07. The molecule has 2 unspecified atom stereocenters. The van der Waals surface area contributed by atoms with Crippen LogP contribution in [0.15, 0.2) is 42.7 Å². The van der Waals surface area contributed by atoms with Crippen LogP contribution in [-0.4, -0.2) is 26.8 Å². The van der Waals surface area contributed by atoms with Crippen molar-refractivity contribution in [2.24, 2.45) is 0 Å². The quantitative estimate of drug-likeness (QED) is 0.927. The Morgan fingerprint density at radius 1 is 1.37 bits per heavy atom. The van der Waals surface area contributed by atoms with E-state index in [9.17, 15) is 0 Å². The number of anilines is 1. The number of hydrogen-bond donors (Lipinski definition) is 1. The number of rotatable bonds is 4. The van der Waals surface area contributed by atoms with Gasteiger partial charge in [0.15, 0.2) is 0 Å². The third kappa shape index (κ3) is 3.13. The number of aromatic nitrogens is 2. The first-order chi connectivity index (χ1) is 9.31. The van der Waals surface area contributed by atoms with Crippen molar-refractivity contribution in [3.63, 3.8) is 0 Å². The van der Waals surface area contributed by atoms with Gasteiger partial charge in [-0.1, -0.05) is 19.1 Å². The Balaban J connectivity index is 1.62. The maximum absolute atomic E-state index is 4.23. The van der Waals surface area contributed by atoms with Gasteiger partial charge in [-0.3, -0.25) is 4.68 Å². The third-order valence-corrected chi connectivity index (χ3v) is 4.91. The average molecular weight is 273 g/mol. The van der Waals surface area contributed by atoms with E-state index in [0.29, 0.717) is 11.3 Å². The zero-order chi connectivity index (χ0) is 13.1. The zero-order valence-corrected chi connectivity index (χ0v) is 11.9. The molecule has 0 saturated carbocycles. The van der Waals surface area contributed by atoms with Crippen molar-refractivity contribution in [3.8, 4) is 0 Å². The lowest BCUT2D eigenvalue weighted by atomic mass is 10.1. The fourth-order valence-corrected chi connectivity index (χ4v) is 3.62. The minimum Gasteiger partial charge on any atom is -0.381 e. The molecular formula is C15H19N3S. The molecule has 0 amide bonds. The van der Waals surface area contributed by atoms with Crippen molar-refractivity contribution in [2.45, 2.75) is 31.2 Å². The number of thioether (sulfide) groups is 1. The van der Waals surface area contributed by atoms with Crippen molar-refractivity contribution < 1.29 is 0 Å². The summed E-state index contributed by atoms with van der Waals surface area (Å²) in [7, 11) is 0. The number of nitrogens with zero attached hydrogens (tertiary/aromatic N) is 2. The van der Waals surface area contributed by atoms with E-state index in [1.807, 2.05) is 23.1 Å². The molecule has 100 valence electrons. The molecule has 0 spiro atoms. The van der Waals surface area contributed by atoms with Crippen LogP contribution in [0.2, 0.25) is 0 Å². The van der Waals surface area contributed by atoms with Gasteiger partial charge in [-0.05, 0) is 35.9 Å². The van der Waals surface area contributed by atoms with Gasteiger partial charge in [0.2, 0.25) is 0 Å². The molecule has 2 heterocycles. The minimum absolute atomic E-state index is 0.613. The van der Waals surface area contributed by atoms with E-state index in [-0.39, 0.29) is 0 Å². The highest BCUT2D eigenvalue weighted by atomic mass is 32.2. The number of benzene rings is 1. The number of nitrogens with one attached hydrogen (secondary N) is 1. The molecule has 3 rings (SSSR count). The molecule has 0 aliphatic carbocycles. The molecule has 2 atom stereocenters. The van der Waals surface area contributed by atoms with Crippen LogP contribution in [0.25, 0.3) is 0 Å². The van der Waals surface area contributed by atoms with Crippen molar-refractivity contribution in [1.29, 1.82) is 0 Å². The molecule has 3 nitrogen and oxygen atoms in total. The van der Waals surface area contributed by atoms with Crippen LogP contribution in [0, 0.1) is 0 Å². The largest absolute Gasteiger partial charge is 0.381 e. The second kappa shape index (κ2) is 5.70. The monoisotopic (exact) mass is 273 g/mol. The van der Waals surface area contributed by atoms with E-state index in [4.69, 9.17) is 0 Å². The molecule has 1 aliphatic heterocycles. The fraction of sp³-hybridized carbons (Fsp3) is 0.400. The highest BCUT2D eigenvalue weighted by Gasteiger charge is 2.23. The first-order valence-corrected chi connectivity index (χ1v) is 7.80. The van der Waals surface area contributed by atoms with E-state index < -0.39 is 0 Å². The Morgan fingerprint density at radius 2 is 2.21 bits per heavy atom. The van der Waals surface area contributed by atoms with E-state index in [1.54, 1.807) is 0 Å². The molecule has 2 aromatic rings. The Morgan fingerprint density at radius 3 is 2.84 bits per heavy atom. The molecule has 1 aliphatic rings. The van der Waals surface area contributed by atoms with Crippen molar-refractivity contribution in [2.75, 3.05) is 11.1 Å². The maximum Gasteiger partial charge on any atom is 0.0659 e. The van der Waals surface area contributed by atoms with Gasteiger partial charge < -0.3 is 5.32 Å². The lowest BCUT2D eigenvalue weighted by Crippen LogP contribution is -2.24. The van der Waals surface area contributed by atoms with E-state index in [0.717, 1.165) is 6.54 Å². The van der Waals surface area contributed by atoms with Crippen LogP contribution in [0.5, 0.6) is 0 Å². The summed E-state index contributed by atoms with van der Waals surface area (Å²) in [5.41, 5.74) is 2.51. The van der Waals surface area contributed by atoms with Crippen LogP contribution in [0.4, 0.5) is 5.69 Å². The molecule has 1 fully saturated rings. The Bertz CT molecular complexity index is 507. The number of hydrogen-bond acceptors (Lipinski definition) is 3. The molecule has 19 heavy (non-hydrogen) atoms. The average Bonchev–Trinajstić information content (AvgIpc) is 3.05. The second-order valence-electron chi connectivity index (χ2n) is 5.02. The zero-order valence-electron chi connectivity index (χ0n) is 11.1. The molecule has 1 aromatic carbocycles. The second-order valence-corrected chi connectivity index (χ2v) is 6.50. The SMILES string of the molecule is CC1SCCC1Nc1ccc(Cn2cccn2)cc1. The normalized spacial score (nSPS) is 22.6. The van der Waals surface area contributed by atoms with Gasteiger partial charge >= 0.3 is 0 Å². The van der Waals surface area contributed by atoms with Crippen molar-refractivity contribution >= 4 is 17.4 Å². The van der Waals surface area contributed by atoms with Crippen molar-refractivity contribution in [1.82, 2.24) is 9.78 Å². The minimum atomic E-state index is 0.613. The molecule has 1 saturated heterocycles. The highest BCUT2D eigenvalue weighted by Crippen LogP contribution is 2.28. The van der Waals surface area contributed by atoms with E-state index in [1.165, 1.54) is 23.4 Å². The summed E-state index contributed by atoms with van der Waals surface area (Å²) in [6.45, 7) is 3.14. The van der Waals surface area contributed by atoms with Crippen LogP contribution in [-0.2, 0) is 6.54 Å². The predicted molar refractivity (Wildman–Crippen MR) is 81.7 cm³/mol. The van der Waals surface area contributed by atoms with Crippen LogP contribution in [0.3, 0.4) is 0 Å². The topological polar surface area (TPSA) is 29.9 Å². The molecule has 0 bridgehead atoms.